The van der Waals surface area contributed by atoms with Crippen LogP contribution in [0.1, 0.15) is 35.7 Å². The molecule has 0 aliphatic carbocycles. The summed E-state index contributed by atoms with van der Waals surface area (Å²) in [6.07, 6.45) is 3.04. The Hall–Kier alpha value is -2.81. The Morgan fingerprint density at radius 1 is 1.43 bits per heavy atom. The van der Waals surface area contributed by atoms with Crippen molar-refractivity contribution in [2.24, 2.45) is 0 Å². The number of aromatic carboxylic acids is 1. The standard InChI is InChI=1S/C15H16N2O4/c1-2-3-6-17-14(19)11(9-16)7-10-4-5-12(15(20)21)13(18)8-10/h4-5,7-8,18H,2-3,6H2,1H3,(H,17,19)(H,20,21)/b11-7-. The summed E-state index contributed by atoms with van der Waals surface area (Å²) in [5, 5.41) is 30.0. The zero-order chi connectivity index (χ0) is 15.8. The first-order valence-electron chi connectivity index (χ1n) is 6.46. The smallest absolute Gasteiger partial charge is 0.339 e. The van der Waals surface area contributed by atoms with Crippen molar-refractivity contribution in [3.63, 3.8) is 0 Å². The summed E-state index contributed by atoms with van der Waals surface area (Å²) >= 11 is 0. The average molecular weight is 288 g/mol. The number of nitrogens with zero attached hydrogens (tertiary/aromatic N) is 1. The van der Waals surface area contributed by atoms with Crippen molar-refractivity contribution in [1.82, 2.24) is 5.32 Å². The molecule has 0 aliphatic heterocycles. The second-order valence-electron chi connectivity index (χ2n) is 4.36. The van der Waals surface area contributed by atoms with E-state index in [1.807, 2.05) is 6.92 Å². The van der Waals surface area contributed by atoms with E-state index in [9.17, 15) is 14.7 Å². The number of hydrogen-bond acceptors (Lipinski definition) is 4. The zero-order valence-corrected chi connectivity index (χ0v) is 11.6. The van der Waals surface area contributed by atoms with Crippen molar-refractivity contribution >= 4 is 18.0 Å². The summed E-state index contributed by atoms with van der Waals surface area (Å²) in [4.78, 5) is 22.5. The molecule has 0 unspecified atom stereocenters. The Balaban J connectivity index is 2.93. The second-order valence-corrected chi connectivity index (χ2v) is 4.36. The van der Waals surface area contributed by atoms with Crippen LogP contribution < -0.4 is 5.32 Å². The summed E-state index contributed by atoms with van der Waals surface area (Å²) < 4.78 is 0. The van der Waals surface area contributed by atoms with Gasteiger partial charge in [0.05, 0.1) is 0 Å². The lowest BCUT2D eigenvalue weighted by Crippen LogP contribution is -2.25. The maximum absolute atomic E-state index is 11.8. The van der Waals surface area contributed by atoms with Gasteiger partial charge in [0.25, 0.3) is 5.91 Å². The van der Waals surface area contributed by atoms with E-state index in [-0.39, 0.29) is 11.1 Å². The average Bonchev–Trinajstić information content (AvgIpc) is 2.44. The largest absolute Gasteiger partial charge is 0.507 e. The molecule has 0 aromatic heterocycles. The van der Waals surface area contributed by atoms with Gasteiger partial charge in [-0.2, -0.15) is 5.26 Å². The minimum absolute atomic E-state index is 0.103. The number of nitrogens with one attached hydrogen (secondary N) is 1. The number of rotatable bonds is 6. The third-order valence-electron chi connectivity index (χ3n) is 2.74. The predicted molar refractivity (Wildman–Crippen MR) is 76.6 cm³/mol. The molecule has 1 aromatic rings. The number of nitriles is 1. The SMILES string of the molecule is CCCCNC(=O)/C(C#N)=C\c1ccc(C(=O)O)c(O)c1. The van der Waals surface area contributed by atoms with Crippen LogP contribution in [-0.4, -0.2) is 28.6 Å². The summed E-state index contributed by atoms with van der Waals surface area (Å²) in [7, 11) is 0. The van der Waals surface area contributed by atoms with Gasteiger partial charge >= 0.3 is 5.97 Å². The van der Waals surface area contributed by atoms with Gasteiger partial charge in [0.15, 0.2) is 0 Å². The highest BCUT2D eigenvalue weighted by Crippen LogP contribution is 2.20. The molecule has 6 nitrogen and oxygen atoms in total. The van der Waals surface area contributed by atoms with Gasteiger partial charge in [-0.1, -0.05) is 19.4 Å². The molecule has 21 heavy (non-hydrogen) atoms. The Morgan fingerprint density at radius 3 is 2.67 bits per heavy atom. The molecular formula is C15H16N2O4. The maximum atomic E-state index is 11.8. The first-order valence-corrected chi connectivity index (χ1v) is 6.46. The van der Waals surface area contributed by atoms with Crippen molar-refractivity contribution in [2.75, 3.05) is 6.54 Å². The molecule has 0 saturated heterocycles. The van der Waals surface area contributed by atoms with Crippen LogP contribution in [0.3, 0.4) is 0 Å². The van der Waals surface area contributed by atoms with Gasteiger partial charge in [-0.3, -0.25) is 4.79 Å². The topological polar surface area (TPSA) is 110 Å². The molecule has 0 saturated carbocycles. The van der Waals surface area contributed by atoms with Gasteiger partial charge < -0.3 is 15.5 Å². The summed E-state index contributed by atoms with van der Waals surface area (Å²) in [5.41, 5.74) is 0.0336. The lowest BCUT2D eigenvalue weighted by molar-refractivity contribution is -0.117. The van der Waals surface area contributed by atoms with Gasteiger partial charge in [-0.05, 0) is 30.2 Å². The Kier molecular flexibility index (Phi) is 5.96. The van der Waals surface area contributed by atoms with E-state index in [1.165, 1.54) is 24.3 Å². The van der Waals surface area contributed by atoms with Crippen LogP contribution in [0.15, 0.2) is 23.8 Å². The number of carbonyl (C=O) groups is 2. The maximum Gasteiger partial charge on any atom is 0.339 e. The molecule has 110 valence electrons. The number of benzene rings is 1. The minimum atomic E-state index is -1.25. The number of carboxylic acid groups (broad SMARTS) is 1. The highest BCUT2D eigenvalue weighted by atomic mass is 16.4. The Bertz CT molecular complexity index is 615. The van der Waals surface area contributed by atoms with Crippen molar-refractivity contribution in [3.05, 3.63) is 34.9 Å². The van der Waals surface area contributed by atoms with Crippen LogP contribution in [0.5, 0.6) is 5.75 Å². The van der Waals surface area contributed by atoms with Crippen LogP contribution in [-0.2, 0) is 4.79 Å². The first-order chi connectivity index (χ1) is 9.99. The Morgan fingerprint density at radius 2 is 2.14 bits per heavy atom. The molecular weight excluding hydrogens is 272 g/mol. The van der Waals surface area contributed by atoms with Crippen molar-refractivity contribution in [1.29, 1.82) is 5.26 Å². The fourth-order valence-corrected chi connectivity index (χ4v) is 1.61. The third kappa shape index (κ3) is 4.66. The molecule has 0 fully saturated rings. The lowest BCUT2D eigenvalue weighted by atomic mass is 10.1. The fourth-order valence-electron chi connectivity index (χ4n) is 1.61. The molecule has 0 spiro atoms. The molecule has 0 bridgehead atoms. The van der Waals surface area contributed by atoms with E-state index < -0.39 is 17.6 Å². The molecule has 0 radical (unpaired) electrons. The van der Waals surface area contributed by atoms with Crippen molar-refractivity contribution in [3.8, 4) is 11.8 Å². The fraction of sp³-hybridized carbons (Fsp3) is 0.267. The van der Waals surface area contributed by atoms with E-state index in [0.29, 0.717) is 12.1 Å². The zero-order valence-electron chi connectivity index (χ0n) is 11.6. The number of hydrogen-bond donors (Lipinski definition) is 3. The summed E-state index contributed by atoms with van der Waals surface area (Å²) in [6.45, 7) is 2.47. The second kappa shape index (κ2) is 7.70. The van der Waals surface area contributed by atoms with Crippen LogP contribution >= 0.6 is 0 Å². The predicted octanol–water partition coefficient (Wildman–Crippen LogP) is 1.91. The molecule has 1 aromatic carbocycles. The van der Waals surface area contributed by atoms with E-state index in [1.54, 1.807) is 6.07 Å². The molecule has 0 heterocycles. The van der Waals surface area contributed by atoms with E-state index >= 15 is 0 Å². The molecule has 0 aliphatic rings. The number of phenols is 1. The van der Waals surface area contributed by atoms with Crippen LogP contribution in [0.2, 0.25) is 0 Å². The number of aromatic hydroxyl groups is 1. The van der Waals surface area contributed by atoms with E-state index in [2.05, 4.69) is 5.32 Å². The molecule has 6 heteroatoms. The highest BCUT2D eigenvalue weighted by Gasteiger charge is 2.11. The molecule has 1 rings (SSSR count). The Labute approximate surface area is 122 Å². The monoisotopic (exact) mass is 288 g/mol. The number of carbonyl (C=O) groups excluding carboxylic acids is 1. The summed E-state index contributed by atoms with van der Waals surface area (Å²) in [5.74, 6) is -2.16. The highest BCUT2D eigenvalue weighted by molar-refractivity contribution is 6.01. The van der Waals surface area contributed by atoms with Gasteiger partial charge in [-0.25, -0.2) is 4.79 Å². The molecule has 0 atom stereocenters. The van der Waals surface area contributed by atoms with Gasteiger partial charge in [-0.15, -0.1) is 0 Å². The number of carboxylic acids is 1. The van der Waals surface area contributed by atoms with Gasteiger partial charge in [0.2, 0.25) is 0 Å². The van der Waals surface area contributed by atoms with E-state index in [4.69, 9.17) is 10.4 Å². The van der Waals surface area contributed by atoms with Crippen LogP contribution in [0.4, 0.5) is 0 Å². The van der Waals surface area contributed by atoms with Crippen LogP contribution in [0, 0.1) is 11.3 Å². The van der Waals surface area contributed by atoms with Gasteiger partial charge in [0, 0.05) is 6.54 Å². The molecule has 3 N–H and O–H groups in total. The quantitative estimate of drug-likeness (QED) is 0.421. The van der Waals surface area contributed by atoms with Crippen molar-refractivity contribution in [2.45, 2.75) is 19.8 Å². The van der Waals surface area contributed by atoms with Crippen LogP contribution in [0.25, 0.3) is 6.08 Å². The summed E-state index contributed by atoms with van der Waals surface area (Å²) in [6, 6.07) is 5.61. The normalized spacial score (nSPS) is 10.8. The number of amides is 1. The van der Waals surface area contributed by atoms with Crippen molar-refractivity contribution < 1.29 is 19.8 Å². The first kappa shape index (κ1) is 16.2. The third-order valence-corrected chi connectivity index (χ3v) is 2.74. The van der Waals surface area contributed by atoms with Gasteiger partial charge in [0.1, 0.15) is 23.0 Å². The minimum Gasteiger partial charge on any atom is -0.507 e. The number of unbranched alkanes of at least 4 members (excludes halogenated alkanes) is 1. The molecule has 1 amide bonds. The van der Waals surface area contributed by atoms with E-state index in [0.717, 1.165) is 12.8 Å². The lowest BCUT2D eigenvalue weighted by Gasteiger charge is -2.04.